The molecule has 0 unspecified atom stereocenters. The molecule has 2 heterocycles. The fourth-order valence-electron chi connectivity index (χ4n) is 3.61. The van der Waals surface area contributed by atoms with Crippen LogP contribution in [0.4, 0.5) is 4.79 Å². The van der Waals surface area contributed by atoms with Crippen LogP contribution in [0.5, 0.6) is 0 Å². The molecule has 2 atom stereocenters. The maximum absolute atomic E-state index is 12.4. The zero-order chi connectivity index (χ0) is 17.3. The molecule has 5 heteroatoms. The van der Waals surface area contributed by atoms with E-state index in [0.717, 1.165) is 13.0 Å². The Bertz CT molecular complexity index is 609. The largest absolute Gasteiger partial charge is 0.444 e. The lowest BCUT2D eigenvalue weighted by Crippen LogP contribution is -2.50. The topological polar surface area (TPSA) is 49.9 Å². The molecule has 1 aromatic carbocycles. The van der Waals surface area contributed by atoms with E-state index >= 15 is 0 Å². The molecule has 2 aliphatic heterocycles. The highest BCUT2D eigenvalue weighted by Crippen LogP contribution is 2.31. The van der Waals surface area contributed by atoms with Crippen molar-refractivity contribution < 1.29 is 14.3 Å². The summed E-state index contributed by atoms with van der Waals surface area (Å²) in [4.78, 5) is 28.7. The van der Waals surface area contributed by atoms with Gasteiger partial charge in [-0.25, -0.2) is 4.79 Å². The van der Waals surface area contributed by atoms with Crippen molar-refractivity contribution in [3.05, 3.63) is 35.9 Å². The number of hydrogen-bond acceptors (Lipinski definition) is 4. The van der Waals surface area contributed by atoms with E-state index in [1.165, 1.54) is 5.56 Å². The number of likely N-dealkylation sites (tertiary alicyclic amines) is 2. The molecule has 1 amide bonds. The van der Waals surface area contributed by atoms with Crippen molar-refractivity contribution in [2.45, 2.75) is 45.4 Å². The second kappa shape index (κ2) is 6.55. The zero-order valence-corrected chi connectivity index (χ0v) is 14.7. The van der Waals surface area contributed by atoms with Crippen LogP contribution in [-0.4, -0.2) is 53.0 Å². The number of nitrogens with zero attached hydrogens (tertiary/aromatic N) is 2. The molecule has 24 heavy (non-hydrogen) atoms. The smallest absolute Gasteiger partial charge is 0.410 e. The molecule has 1 aromatic rings. The predicted molar refractivity (Wildman–Crippen MR) is 91.6 cm³/mol. The van der Waals surface area contributed by atoms with Gasteiger partial charge >= 0.3 is 6.09 Å². The van der Waals surface area contributed by atoms with Crippen molar-refractivity contribution in [3.8, 4) is 0 Å². The summed E-state index contributed by atoms with van der Waals surface area (Å²) in [7, 11) is 0. The molecule has 0 aromatic heterocycles. The van der Waals surface area contributed by atoms with E-state index in [4.69, 9.17) is 4.74 Å². The van der Waals surface area contributed by atoms with Gasteiger partial charge in [0.2, 0.25) is 0 Å². The predicted octanol–water partition coefficient (Wildman–Crippen LogP) is 2.70. The monoisotopic (exact) mass is 330 g/mol. The van der Waals surface area contributed by atoms with Gasteiger partial charge in [-0.2, -0.15) is 0 Å². The molecule has 0 spiro atoms. The van der Waals surface area contributed by atoms with Crippen molar-refractivity contribution in [1.82, 2.24) is 9.80 Å². The molecule has 0 bridgehead atoms. The first-order valence-electron chi connectivity index (χ1n) is 8.62. The second-order valence-corrected chi connectivity index (χ2v) is 7.75. The summed E-state index contributed by atoms with van der Waals surface area (Å²) in [5.74, 6) is 0.152. The van der Waals surface area contributed by atoms with E-state index in [-0.39, 0.29) is 23.8 Å². The maximum Gasteiger partial charge on any atom is 0.410 e. The van der Waals surface area contributed by atoms with E-state index in [1.54, 1.807) is 4.90 Å². The van der Waals surface area contributed by atoms with Gasteiger partial charge in [0.1, 0.15) is 5.60 Å². The number of piperidine rings is 1. The number of Topliss-reactive ketones (excluding diaryl/α,β-unsaturated/α-hetero) is 1. The number of carbonyl (C=O) groups is 2. The molecule has 0 radical (unpaired) electrons. The average Bonchev–Trinajstić information content (AvgIpc) is 2.82. The van der Waals surface area contributed by atoms with Crippen LogP contribution >= 0.6 is 0 Å². The van der Waals surface area contributed by atoms with Gasteiger partial charge in [-0.1, -0.05) is 30.3 Å². The van der Waals surface area contributed by atoms with Gasteiger partial charge in [0.05, 0.1) is 12.5 Å². The fraction of sp³-hybridized carbons (Fsp3) is 0.579. The van der Waals surface area contributed by atoms with Gasteiger partial charge in [-0.3, -0.25) is 9.69 Å². The van der Waals surface area contributed by atoms with Gasteiger partial charge in [0.25, 0.3) is 0 Å². The van der Waals surface area contributed by atoms with Crippen LogP contribution in [0.3, 0.4) is 0 Å². The maximum atomic E-state index is 12.4. The minimum Gasteiger partial charge on any atom is -0.444 e. The number of ether oxygens (including phenoxy) is 1. The van der Waals surface area contributed by atoms with E-state index in [0.29, 0.717) is 19.6 Å². The van der Waals surface area contributed by atoms with Crippen LogP contribution < -0.4 is 0 Å². The lowest BCUT2D eigenvalue weighted by atomic mass is 9.92. The van der Waals surface area contributed by atoms with Gasteiger partial charge in [0, 0.05) is 25.7 Å². The van der Waals surface area contributed by atoms with Crippen molar-refractivity contribution in [3.63, 3.8) is 0 Å². The number of amides is 1. The molecular weight excluding hydrogens is 304 g/mol. The molecule has 3 rings (SSSR count). The summed E-state index contributed by atoms with van der Waals surface area (Å²) in [6.45, 7) is 7.98. The molecule has 2 fully saturated rings. The minimum atomic E-state index is -0.507. The SMILES string of the molecule is CC(C)(C)OC(=O)N1CC[C@@H]2[C@H](C1)C(=O)CN2Cc1ccccc1. The van der Waals surface area contributed by atoms with Gasteiger partial charge < -0.3 is 9.64 Å². The fourth-order valence-corrected chi connectivity index (χ4v) is 3.61. The lowest BCUT2D eigenvalue weighted by molar-refractivity contribution is -0.120. The van der Waals surface area contributed by atoms with Crippen LogP contribution in [0.1, 0.15) is 32.8 Å². The van der Waals surface area contributed by atoms with Crippen molar-refractivity contribution in [2.75, 3.05) is 19.6 Å². The summed E-state index contributed by atoms with van der Waals surface area (Å²) in [5, 5.41) is 0. The number of ketones is 1. The van der Waals surface area contributed by atoms with Crippen LogP contribution in [0.25, 0.3) is 0 Å². The first-order valence-corrected chi connectivity index (χ1v) is 8.62. The molecule has 0 aliphatic carbocycles. The first kappa shape index (κ1) is 17.0. The number of rotatable bonds is 2. The van der Waals surface area contributed by atoms with Crippen LogP contribution in [0, 0.1) is 5.92 Å². The third-order valence-corrected chi connectivity index (χ3v) is 4.70. The summed E-state index contributed by atoms with van der Waals surface area (Å²) in [6, 6.07) is 10.5. The van der Waals surface area contributed by atoms with Gasteiger partial charge in [0.15, 0.2) is 5.78 Å². The molecular formula is C19H26N2O3. The summed E-state index contributed by atoms with van der Waals surface area (Å²) >= 11 is 0. The zero-order valence-electron chi connectivity index (χ0n) is 14.7. The van der Waals surface area contributed by atoms with Crippen molar-refractivity contribution >= 4 is 11.9 Å². The highest BCUT2D eigenvalue weighted by molar-refractivity contribution is 5.87. The van der Waals surface area contributed by atoms with E-state index in [1.807, 2.05) is 39.0 Å². The molecule has 0 N–H and O–H groups in total. The lowest BCUT2D eigenvalue weighted by Gasteiger charge is -2.37. The summed E-state index contributed by atoms with van der Waals surface area (Å²) in [5.41, 5.74) is 0.716. The number of benzene rings is 1. The normalized spacial score (nSPS) is 24.8. The highest BCUT2D eigenvalue weighted by atomic mass is 16.6. The van der Waals surface area contributed by atoms with E-state index in [2.05, 4.69) is 17.0 Å². The molecule has 0 saturated carbocycles. The summed E-state index contributed by atoms with van der Waals surface area (Å²) in [6.07, 6.45) is 0.512. The Balaban J connectivity index is 1.64. The van der Waals surface area contributed by atoms with Crippen molar-refractivity contribution in [1.29, 1.82) is 0 Å². The third kappa shape index (κ3) is 3.78. The van der Waals surface area contributed by atoms with E-state index < -0.39 is 5.60 Å². The molecule has 5 nitrogen and oxygen atoms in total. The van der Waals surface area contributed by atoms with Crippen LogP contribution in [0.2, 0.25) is 0 Å². The van der Waals surface area contributed by atoms with E-state index in [9.17, 15) is 9.59 Å². The van der Waals surface area contributed by atoms with Gasteiger partial charge in [-0.15, -0.1) is 0 Å². The Morgan fingerprint density at radius 2 is 1.96 bits per heavy atom. The quantitative estimate of drug-likeness (QED) is 0.836. The Labute approximate surface area is 143 Å². The number of hydrogen-bond donors (Lipinski definition) is 0. The van der Waals surface area contributed by atoms with Crippen LogP contribution in [-0.2, 0) is 16.1 Å². The number of carbonyl (C=O) groups excluding carboxylic acids is 2. The van der Waals surface area contributed by atoms with Gasteiger partial charge in [-0.05, 0) is 32.8 Å². The Morgan fingerprint density at radius 1 is 1.25 bits per heavy atom. The number of fused-ring (bicyclic) bond motifs is 1. The third-order valence-electron chi connectivity index (χ3n) is 4.70. The average molecular weight is 330 g/mol. The molecule has 2 saturated heterocycles. The Hall–Kier alpha value is -1.88. The molecule has 130 valence electrons. The minimum absolute atomic E-state index is 0.0880. The highest BCUT2D eigenvalue weighted by Gasteiger charge is 2.45. The van der Waals surface area contributed by atoms with Crippen LogP contribution in [0.15, 0.2) is 30.3 Å². The molecule has 2 aliphatic rings. The Morgan fingerprint density at radius 3 is 2.62 bits per heavy atom. The van der Waals surface area contributed by atoms with Crippen molar-refractivity contribution in [2.24, 2.45) is 5.92 Å². The standard InChI is InChI=1S/C19H26N2O3/c1-19(2,3)24-18(23)20-10-9-16-15(12-20)17(22)13-21(16)11-14-7-5-4-6-8-14/h4-8,15-16H,9-13H2,1-3H3/t15-,16+/m0/s1. The second-order valence-electron chi connectivity index (χ2n) is 7.75. The Kier molecular flexibility index (Phi) is 4.63. The first-order chi connectivity index (χ1) is 11.3. The summed E-state index contributed by atoms with van der Waals surface area (Å²) < 4.78 is 5.45.